The first-order valence-electron chi connectivity index (χ1n) is 9.66. The third-order valence-electron chi connectivity index (χ3n) is 5.33. The van der Waals surface area contributed by atoms with Crippen molar-refractivity contribution >= 4 is 5.91 Å². The molecule has 1 aliphatic heterocycles. The van der Waals surface area contributed by atoms with Crippen LogP contribution in [0, 0.1) is 5.92 Å². The van der Waals surface area contributed by atoms with Gasteiger partial charge in [-0.3, -0.25) is 10.2 Å². The van der Waals surface area contributed by atoms with E-state index in [1.807, 2.05) is 25.1 Å². The van der Waals surface area contributed by atoms with Crippen molar-refractivity contribution < 1.29 is 14.3 Å². The summed E-state index contributed by atoms with van der Waals surface area (Å²) in [6, 6.07) is 13.9. The Balaban J connectivity index is 1.70. The van der Waals surface area contributed by atoms with Crippen molar-refractivity contribution in [2.45, 2.75) is 32.4 Å². The Morgan fingerprint density at radius 2 is 1.86 bits per heavy atom. The second kappa shape index (κ2) is 9.08. The Morgan fingerprint density at radius 1 is 1.14 bits per heavy atom. The van der Waals surface area contributed by atoms with E-state index < -0.39 is 0 Å². The number of methoxy groups -OCH3 is 2. The summed E-state index contributed by atoms with van der Waals surface area (Å²) >= 11 is 0. The zero-order valence-electron chi connectivity index (χ0n) is 16.9. The molecule has 0 aromatic heterocycles. The first kappa shape index (κ1) is 20.2. The van der Waals surface area contributed by atoms with Crippen molar-refractivity contribution in [3.8, 4) is 11.5 Å². The van der Waals surface area contributed by atoms with Crippen molar-refractivity contribution in [2.75, 3.05) is 20.8 Å². The van der Waals surface area contributed by atoms with Gasteiger partial charge in [0.1, 0.15) is 0 Å². The second-order valence-corrected chi connectivity index (χ2v) is 7.05. The molecule has 0 saturated carbocycles. The molecule has 0 bridgehead atoms. The molecule has 1 saturated heterocycles. The predicted octanol–water partition coefficient (Wildman–Crippen LogP) is 2.91. The van der Waals surface area contributed by atoms with E-state index in [-0.39, 0.29) is 23.9 Å². The molecule has 0 radical (unpaired) electrons. The van der Waals surface area contributed by atoms with Crippen LogP contribution in [0.3, 0.4) is 0 Å². The average Bonchev–Trinajstić information content (AvgIpc) is 3.23. The number of hydrogen-bond acceptors (Lipinski definition) is 5. The number of benzene rings is 2. The molecule has 2 aromatic carbocycles. The van der Waals surface area contributed by atoms with Gasteiger partial charge in [0.2, 0.25) is 5.91 Å². The van der Waals surface area contributed by atoms with Crippen LogP contribution in [0.1, 0.15) is 42.6 Å². The summed E-state index contributed by atoms with van der Waals surface area (Å²) in [4.78, 5) is 13.0. The van der Waals surface area contributed by atoms with Gasteiger partial charge in [-0.25, -0.2) is 5.43 Å². The fourth-order valence-electron chi connectivity index (χ4n) is 3.54. The minimum Gasteiger partial charge on any atom is -0.493 e. The Kier molecular flexibility index (Phi) is 6.54. The molecule has 2 aromatic rings. The van der Waals surface area contributed by atoms with Crippen LogP contribution in [0.15, 0.2) is 42.5 Å². The van der Waals surface area contributed by atoms with Crippen molar-refractivity contribution in [3.63, 3.8) is 0 Å². The van der Waals surface area contributed by atoms with Crippen LogP contribution < -0.4 is 25.6 Å². The zero-order valence-corrected chi connectivity index (χ0v) is 16.9. The molecule has 3 rings (SSSR count). The summed E-state index contributed by atoms with van der Waals surface area (Å²) in [6.45, 7) is 4.70. The third kappa shape index (κ3) is 4.29. The molecule has 0 aliphatic carbocycles. The third-order valence-corrected chi connectivity index (χ3v) is 5.33. The van der Waals surface area contributed by atoms with Gasteiger partial charge in [0.25, 0.3) is 0 Å². The molecule has 3 atom stereocenters. The van der Waals surface area contributed by atoms with Crippen molar-refractivity contribution in [3.05, 3.63) is 59.2 Å². The Labute approximate surface area is 166 Å². The molecule has 0 spiro atoms. The van der Waals surface area contributed by atoms with E-state index in [0.717, 1.165) is 17.5 Å². The molecular formula is C22H29N3O3. The largest absolute Gasteiger partial charge is 0.493 e. The van der Waals surface area contributed by atoms with Crippen molar-refractivity contribution in [2.24, 2.45) is 5.92 Å². The molecule has 28 heavy (non-hydrogen) atoms. The molecule has 1 fully saturated rings. The lowest BCUT2D eigenvalue weighted by atomic mass is 9.93. The molecule has 150 valence electrons. The highest BCUT2D eigenvalue weighted by Gasteiger charge is 2.34. The number of ether oxygens (including phenoxy) is 2. The number of carbonyl (C=O) groups is 1. The van der Waals surface area contributed by atoms with Crippen LogP contribution in [-0.4, -0.2) is 26.7 Å². The van der Waals surface area contributed by atoms with Gasteiger partial charge in [-0.15, -0.1) is 0 Å². The van der Waals surface area contributed by atoms with Crippen molar-refractivity contribution in [1.29, 1.82) is 0 Å². The van der Waals surface area contributed by atoms with Crippen molar-refractivity contribution in [1.82, 2.24) is 16.2 Å². The van der Waals surface area contributed by atoms with Gasteiger partial charge >= 0.3 is 0 Å². The topological polar surface area (TPSA) is 71.6 Å². The molecule has 1 heterocycles. The number of aryl methyl sites for hydroxylation is 1. The van der Waals surface area contributed by atoms with Crippen LogP contribution in [-0.2, 0) is 11.2 Å². The first-order valence-corrected chi connectivity index (χ1v) is 9.66. The number of amides is 1. The van der Waals surface area contributed by atoms with Gasteiger partial charge in [0.05, 0.1) is 32.2 Å². The number of hydrogen-bond donors (Lipinski definition) is 3. The number of carbonyl (C=O) groups excluding carboxylic acids is 1. The first-order chi connectivity index (χ1) is 13.6. The van der Waals surface area contributed by atoms with Gasteiger partial charge in [0.15, 0.2) is 11.5 Å². The van der Waals surface area contributed by atoms with Gasteiger partial charge in [0, 0.05) is 6.54 Å². The fourth-order valence-corrected chi connectivity index (χ4v) is 3.54. The van der Waals surface area contributed by atoms with Gasteiger partial charge in [-0.05, 0) is 42.2 Å². The number of nitrogens with one attached hydrogen (secondary N) is 3. The maximum atomic E-state index is 13.0. The quantitative estimate of drug-likeness (QED) is 0.686. The Hall–Kier alpha value is -2.57. The minimum atomic E-state index is -0.185. The minimum absolute atomic E-state index is 0.0179. The monoisotopic (exact) mass is 383 g/mol. The van der Waals surface area contributed by atoms with E-state index in [4.69, 9.17) is 9.47 Å². The van der Waals surface area contributed by atoms with E-state index in [0.29, 0.717) is 18.0 Å². The summed E-state index contributed by atoms with van der Waals surface area (Å²) in [7, 11) is 3.21. The lowest BCUT2D eigenvalue weighted by Gasteiger charge is -2.22. The van der Waals surface area contributed by atoms with E-state index in [2.05, 4.69) is 47.4 Å². The highest BCUT2D eigenvalue weighted by molar-refractivity contribution is 5.80. The maximum absolute atomic E-state index is 13.0. The molecule has 1 amide bonds. The molecule has 6 nitrogen and oxygen atoms in total. The summed E-state index contributed by atoms with van der Waals surface area (Å²) < 4.78 is 10.7. The van der Waals surface area contributed by atoms with E-state index >= 15 is 0 Å². The van der Waals surface area contributed by atoms with Crippen LogP contribution >= 0.6 is 0 Å². The highest BCUT2D eigenvalue weighted by atomic mass is 16.5. The average molecular weight is 383 g/mol. The molecule has 6 heteroatoms. The number of rotatable bonds is 7. The summed E-state index contributed by atoms with van der Waals surface area (Å²) in [6.07, 6.45) is 1.00. The van der Waals surface area contributed by atoms with Crippen LogP contribution in [0.4, 0.5) is 0 Å². The Bertz CT molecular complexity index is 807. The maximum Gasteiger partial charge on any atom is 0.226 e. The highest BCUT2D eigenvalue weighted by Crippen LogP contribution is 2.31. The van der Waals surface area contributed by atoms with E-state index in [1.165, 1.54) is 5.56 Å². The molecular weight excluding hydrogens is 354 g/mol. The standard InChI is InChI=1S/C22H29N3O3/c1-5-15-6-8-16(9-7-15)21-18(13-23-25-21)22(26)24-14(2)17-10-11-19(27-3)20(12-17)28-4/h6-12,14,18,21,23,25H,5,13H2,1-4H3,(H,24,26). The summed E-state index contributed by atoms with van der Waals surface area (Å²) in [5.74, 6) is 1.16. The van der Waals surface area contributed by atoms with Gasteiger partial charge < -0.3 is 14.8 Å². The normalized spacial score (nSPS) is 19.9. The molecule has 1 aliphatic rings. The SMILES string of the molecule is CCc1ccc(C2NNCC2C(=O)NC(C)c2ccc(OC)c(OC)c2)cc1. The fraction of sp³-hybridized carbons (Fsp3) is 0.409. The van der Waals surface area contributed by atoms with Crippen LogP contribution in [0.5, 0.6) is 11.5 Å². The predicted molar refractivity (Wildman–Crippen MR) is 109 cm³/mol. The van der Waals surface area contributed by atoms with Crippen LogP contribution in [0.2, 0.25) is 0 Å². The van der Waals surface area contributed by atoms with Crippen LogP contribution in [0.25, 0.3) is 0 Å². The lowest BCUT2D eigenvalue weighted by Crippen LogP contribution is -2.36. The molecule has 3 N–H and O–H groups in total. The van der Waals surface area contributed by atoms with E-state index in [1.54, 1.807) is 14.2 Å². The smallest absolute Gasteiger partial charge is 0.226 e. The number of hydrazine groups is 1. The Morgan fingerprint density at radius 3 is 2.50 bits per heavy atom. The second-order valence-electron chi connectivity index (χ2n) is 7.05. The lowest BCUT2D eigenvalue weighted by molar-refractivity contribution is -0.125. The molecule has 3 unspecified atom stereocenters. The summed E-state index contributed by atoms with van der Waals surface area (Å²) in [5, 5.41) is 3.13. The van der Waals surface area contributed by atoms with E-state index in [9.17, 15) is 4.79 Å². The van der Waals surface area contributed by atoms with Gasteiger partial charge in [-0.1, -0.05) is 37.3 Å². The summed E-state index contributed by atoms with van der Waals surface area (Å²) in [5.41, 5.74) is 9.74. The van der Waals surface area contributed by atoms with Gasteiger partial charge in [-0.2, -0.15) is 0 Å². The zero-order chi connectivity index (χ0) is 20.1.